The minimum absolute atomic E-state index is 0.578. The maximum atomic E-state index is 12.4. The van der Waals surface area contributed by atoms with Crippen molar-refractivity contribution in [2.75, 3.05) is 18.4 Å². The summed E-state index contributed by atoms with van der Waals surface area (Å²) >= 11 is 3.47. The molecule has 1 aliphatic rings. The van der Waals surface area contributed by atoms with E-state index >= 15 is 0 Å². The third kappa shape index (κ3) is 3.48. The first-order valence-electron chi connectivity index (χ1n) is 5.93. The first-order valence-corrected chi connectivity index (χ1v) is 7.05. The van der Waals surface area contributed by atoms with Crippen molar-refractivity contribution in [2.24, 2.45) is 5.92 Å². The van der Waals surface area contributed by atoms with Gasteiger partial charge in [0.25, 0.3) is 0 Å². The molecule has 0 amide bonds. The molecule has 1 unspecified atom stereocenters. The Kier molecular flexibility index (Phi) is 4.33. The Morgan fingerprint density at radius 3 is 2.39 bits per heavy atom. The highest BCUT2D eigenvalue weighted by Gasteiger charge is 2.30. The minimum Gasteiger partial charge on any atom is -0.299 e. The van der Waals surface area contributed by atoms with Crippen LogP contribution >= 0.6 is 15.9 Å². The molecule has 18 heavy (non-hydrogen) atoms. The molecule has 1 aliphatic heterocycles. The minimum atomic E-state index is -4.24. The smallest absolute Gasteiger partial charge is 0.299 e. The summed E-state index contributed by atoms with van der Waals surface area (Å²) in [5.74, 6) is 0.666. The molecule has 0 N–H and O–H groups in total. The lowest BCUT2D eigenvalue weighted by atomic mass is 10.1. The average molecular weight is 322 g/mol. The van der Waals surface area contributed by atoms with E-state index in [1.54, 1.807) is 12.1 Å². The molecule has 1 heterocycles. The van der Waals surface area contributed by atoms with E-state index < -0.39 is 11.7 Å². The normalized spacial score (nSPS) is 21.4. The van der Waals surface area contributed by atoms with Crippen molar-refractivity contribution < 1.29 is 13.2 Å². The summed E-state index contributed by atoms with van der Waals surface area (Å²) in [6.45, 7) is 2.78. The second kappa shape index (κ2) is 5.61. The van der Waals surface area contributed by atoms with Crippen LogP contribution in [0, 0.1) is 5.92 Å². The predicted octanol–water partition coefficient (Wildman–Crippen LogP) is 3.92. The third-order valence-electron chi connectivity index (χ3n) is 3.28. The zero-order valence-electron chi connectivity index (χ0n) is 9.88. The highest BCUT2D eigenvalue weighted by atomic mass is 79.9. The average Bonchev–Trinajstić information content (AvgIpc) is 2.76. The van der Waals surface area contributed by atoms with Crippen LogP contribution < -0.4 is 0 Å². The van der Waals surface area contributed by atoms with Crippen molar-refractivity contribution >= 4 is 15.9 Å². The van der Waals surface area contributed by atoms with Crippen molar-refractivity contribution in [3.05, 3.63) is 35.4 Å². The molecule has 0 aliphatic carbocycles. The topological polar surface area (TPSA) is 3.24 Å². The van der Waals surface area contributed by atoms with Crippen LogP contribution in [0.4, 0.5) is 13.2 Å². The fraction of sp³-hybridized carbons (Fsp3) is 0.538. The standard InChI is InChI=1S/C13H15BrF3N/c14-7-11-5-6-18(9-11)8-10-1-3-12(4-2-10)13(15,16)17/h1-4,11H,5-9H2. The molecule has 2 rings (SSSR count). The van der Waals surface area contributed by atoms with Crippen molar-refractivity contribution in [2.45, 2.75) is 19.1 Å². The maximum Gasteiger partial charge on any atom is 0.416 e. The number of hydrogen-bond acceptors (Lipinski definition) is 1. The van der Waals surface area contributed by atoms with E-state index in [4.69, 9.17) is 0 Å². The Hall–Kier alpha value is -0.550. The van der Waals surface area contributed by atoms with Crippen LogP contribution in [-0.4, -0.2) is 23.3 Å². The number of alkyl halides is 4. The summed E-state index contributed by atoms with van der Waals surface area (Å²) in [4.78, 5) is 2.29. The quantitative estimate of drug-likeness (QED) is 0.763. The molecule has 1 aromatic rings. The van der Waals surface area contributed by atoms with E-state index in [0.29, 0.717) is 5.92 Å². The van der Waals surface area contributed by atoms with Gasteiger partial charge in [-0.2, -0.15) is 13.2 Å². The van der Waals surface area contributed by atoms with Gasteiger partial charge in [0, 0.05) is 18.4 Å². The summed E-state index contributed by atoms with van der Waals surface area (Å²) in [5.41, 5.74) is 0.365. The van der Waals surface area contributed by atoms with Crippen LogP contribution in [0.1, 0.15) is 17.5 Å². The fourth-order valence-electron chi connectivity index (χ4n) is 2.24. The van der Waals surface area contributed by atoms with Crippen LogP contribution in [0.25, 0.3) is 0 Å². The number of halogens is 4. The number of nitrogens with zero attached hydrogens (tertiary/aromatic N) is 1. The molecule has 100 valence electrons. The number of rotatable bonds is 3. The van der Waals surface area contributed by atoms with Crippen molar-refractivity contribution in [3.63, 3.8) is 0 Å². The van der Waals surface area contributed by atoms with Gasteiger partial charge in [0.05, 0.1) is 5.56 Å². The third-order valence-corrected chi connectivity index (χ3v) is 4.19. The molecular formula is C13H15BrF3N. The summed E-state index contributed by atoms with van der Waals surface area (Å²) in [7, 11) is 0. The number of hydrogen-bond donors (Lipinski definition) is 0. The lowest BCUT2D eigenvalue weighted by Crippen LogP contribution is -2.20. The van der Waals surface area contributed by atoms with E-state index in [1.165, 1.54) is 0 Å². The van der Waals surface area contributed by atoms with Gasteiger partial charge in [0.2, 0.25) is 0 Å². The van der Waals surface area contributed by atoms with Crippen LogP contribution in [0.2, 0.25) is 0 Å². The predicted molar refractivity (Wildman–Crippen MR) is 68.6 cm³/mol. The highest BCUT2D eigenvalue weighted by molar-refractivity contribution is 9.09. The maximum absolute atomic E-state index is 12.4. The molecule has 1 atom stereocenters. The Balaban J connectivity index is 1.95. The van der Waals surface area contributed by atoms with Crippen molar-refractivity contribution in [3.8, 4) is 0 Å². The van der Waals surface area contributed by atoms with Gasteiger partial charge < -0.3 is 0 Å². The van der Waals surface area contributed by atoms with Crippen molar-refractivity contribution in [1.29, 1.82) is 0 Å². The van der Waals surface area contributed by atoms with Crippen LogP contribution in [0.15, 0.2) is 24.3 Å². The molecule has 0 spiro atoms. The van der Waals surface area contributed by atoms with Gasteiger partial charge in [-0.3, -0.25) is 4.90 Å². The molecule has 1 saturated heterocycles. The Morgan fingerprint density at radius 2 is 1.89 bits per heavy atom. The Labute approximate surface area is 113 Å². The number of benzene rings is 1. The summed E-state index contributed by atoms with van der Waals surface area (Å²) in [5, 5.41) is 0.997. The lowest BCUT2D eigenvalue weighted by molar-refractivity contribution is -0.137. The second-order valence-corrected chi connectivity index (χ2v) is 5.39. The zero-order chi connectivity index (χ0) is 13.2. The summed E-state index contributed by atoms with van der Waals surface area (Å²) < 4.78 is 37.2. The molecule has 1 aromatic carbocycles. The molecule has 0 aromatic heterocycles. The van der Waals surface area contributed by atoms with E-state index in [0.717, 1.165) is 49.1 Å². The van der Waals surface area contributed by atoms with Gasteiger partial charge in [-0.05, 0) is 36.6 Å². The lowest BCUT2D eigenvalue weighted by Gasteiger charge is -2.16. The van der Waals surface area contributed by atoms with Gasteiger partial charge in [0.15, 0.2) is 0 Å². The van der Waals surface area contributed by atoms with Crippen LogP contribution in [-0.2, 0) is 12.7 Å². The summed E-state index contributed by atoms with van der Waals surface area (Å²) in [6, 6.07) is 5.47. The van der Waals surface area contributed by atoms with Gasteiger partial charge in [-0.1, -0.05) is 28.1 Å². The molecule has 0 saturated carbocycles. The van der Waals surface area contributed by atoms with Crippen LogP contribution in [0.3, 0.4) is 0 Å². The van der Waals surface area contributed by atoms with Gasteiger partial charge in [-0.15, -0.1) is 0 Å². The Morgan fingerprint density at radius 1 is 1.22 bits per heavy atom. The molecule has 1 fully saturated rings. The van der Waals surface area contributed by atoms with Gasteiger partial charge in [0.1, 0.15) is 0 Å². The van der Waals surface area contributed by atoms with E-state index in [2.05, 4.69) is 20.8 Å². The monoisotopic (exact) mass is 321 g/mol. The Bertz CT molecular complexity index is 388. The number of likely N-dealkylation sites (tertiary alicyclic amines) is 1. The molecule has 5 heteroatoms. The van der Waals surface area contributed by atoms with Gasteiger partial charge >= 0.3 is 6.18 Å². The molecular weight excluding hydrogens is 307 g/mol. The molecule has 0 radical (unpaired) electrons. The highest BCUT2D eigenvalue weighted by Crippen LogP contribution is 2.29. The first kappa shape index (κ1) is 13.9. The SMILES string of the molecule is FC(F)(F)c1ccc(CN2CCC(CBr)C2)cc1. The van der Waals surface area contributed by atoms with E-state index in [1.807, 2.05) is 0 Å². The van der Waals surface area contributed by atoms with Gasteiger partial charge in [-0.25, -0.2) is 0 Å². The summed E-state index contributed by atoms with van der Waals surface area (Å²) in [6.07, 6.45) is -3.08. The van der Waals surface area contributed by atoms with E-state index in [9.17, 15) is 13.2 Å². The second-order valence-electron chi connectivity index (χ2n) is 4.74. The fourth-order valence-corrected chi connectivity index (χ4v) is 2.77. The first-order chi connectivity index (χ1) is 8.49. The zero-order valence-corrected chi connectivity index (χ0v) is 11.5. The molecule has 0 bridgehead atoms. The molecule has 1 nitrogen and oxygen atoms in total. The van der Waals surface area contributed by atoms with E-state index in [-0.39, 0.29) is 0 Å². The van der Waals surface area contributed by atoms with Crippen LogP contribution in [0.5, 0.6) is 0 Å². The van der Waals surface area contributed by atoms with Crippen molar-refractivity contribution in [1.82, 2.24) is 4.90 Å². The largest absolute Gasteiger partial charge is 0.416 e.